The number of aromatic nitrogens is 3. The normalized spacial score (nSPS) is 18.6. The van der Waals surface area contributed by atoms with Crippen LogP contribution in [0.15, 0.2) is 15.5 Å². The number of aliphatic hydroxyl groups excluding tert-OH is 1. The molecular weight excluding hydrogens is 404 g/mol. The minimum Gasteiger partial charge on any atom is -0.390 e. The van der Waals surface area contributed by atoms with Gasteiger partial charge in [-0.2, -0.15) is 5.10 Å². The van der Waals surface area contributed by atoms with Gasteiger partial charge in [0.2, 0.25) is 0 Å². The lowest BCUT2D eigenvalue weighted by molar-refractivity contribution is 0.260. The van der Waals surface area contributed by atoms with E-state index < -0.39 is 15.9 Å². The first kappa shape index (κ1) is 21.0. The number of amides is 2. The maximum atomic E-state index is 12.9. The summed E-state index contributed by atoms with van der Waals surface area (Å²) in [5.41, 5.74) is 5.34. The number of carbonyl (C=O) groups is 1. The highest BCUT2D eigenvalue weighted by molar-refractivity contribution is 7.91. The summed E-state index contributed by atoms with van der Waals surface area (Å²) in [6.07, 6.45) is 4.54. The van der Waals surface area contributed by atoms with Gasteiger partial charge in [0.15, 0.2) is 14.9 Å². The maximum absolute atomic E-state index is 12.9. The molecule has 10 heteroatoms. The molecule has 2 aromatic heterocycles. The lowest BCUT2D eigenvalue weighted by atomic mass is 9.90. The van der Waals surface area contributed by atoms with E-state index in [1.165, 1.54) is 10.7 Å². The summed E-state index contributed by atoms with van der Waals surface area (Å²) in [6.45, 7) is 6.37. The molecule has 2 aliphatic rings. The molecule has 2 aliphatic carbocycles. The maximum Gasteiger partial charge on any atom is 0.354 e. The van der Waals surface area contributed by atoms with Crippen LogP contribution in [0.1, 0.15) is 61.8 Å². The van der Waals surface area contributed by atoms with E-state index in [1.807, 2.05) is 6.92 Å². The number of fused-ring (bicyclic) bond motifs is 2. The number of aryl methyl sites for hydroxylation is 2. The molecular formula is C20H28N6O3S. The summed E-state index contributed by atoms with van der Waals surface area (Å²) < 4.78 is 18.2. The summed E-state index contributed by atoms with van der Waals surface area (Å²) >= 11 is 0. The van der Waals surface area contributed by atoms with Gasteiger partial charge in [-0.3, -0.25) is 9.67 Å². The van der Waals surface area contributed by atoms with Crippen LogP contribution in [0, 0.1) is 0 Å². The molecule has 0 saturated heterocycles. The van der Waals surface area contributed by atoms with E-state index in [-0.39, 0.29) is 17.0 Å². The number of hydrogen-bond donors (Lipinski definition) is 3. The van der Waals surface area contributed by atoms with Gasteiger partial charge < -0.3 is 10.4 Å². The van der Waals surface area contributed by atoms with Crippen molar-refractivity contribution in [2.24, 2.45) is 9.50 Å². The lowest BCUT2D eigenvalue weighted by Gasteiger charge is -2.20. The number of urea groups is 1. The molecule has 0 bridgehead atoms. The highest BCUT2D eigenvalue weighted by atomic mass is 32.2. The quantitative estimate of drug-likeness (QED) is 0.682. The minimum absolute atomic E-state index is 0.0186. The van der Waals surface area contributed by atoms with Crippen LogP contribution < -0.4 is 10.5 Å². The van der Waals surface area contributed by atoms with Crippen molar-refractivity contribution in [3.63, 3.8) is 0 Å². The molecule has 0 spiro atoms. The third-order valence-electron chi connectivity index (χ3n) is 6.02. The molecule has 0 radical (unpaired) electrons. The van der Waals surface area contributed by atoms with E-state index in [9.17, 15) is 14.1 Å². The molecule has 0 aromatic carbocycles. The van der Waals surface area contributed by atoms with Crippen LogP contribution in [-0.4, -0.2) is 30.1 Å². The van der Waals surface area contributed by atoms with Crippen LogP contribution in [0.5, 0.6) is 0 Å². The van der Waals surface area contributed by atoms with Gasteiger partial charge in [0.1, 0.15) is 0 Å². The molecule has 2 amide bonds. The highest BCUT2D eigenvalue weighted by Crippen LogP contribution is 2.44. The first-order valence-electron chi connectivity index (χ1n) is 10.2. The Morgan fingerprint density at radius 1 is 1.37 bits per heavy atom. The van der Waals surface area contributed by atoms with Crippen molar-refractivity contribution in [2.75, 3.05) is 5.32 Å². The Morgan fingerprint density at radius 2 is 2.13 bits per heavy atom. The Bertz CT molecular complexity index is 1120. The molecule has 0 fully saturated rings. The average molecular weight is 433 g/mol. The Balaban J connectivity index is 1.70. The van der Waals surface area contributed by atoms with Crippen LogP contribution in [0.25, 0.3) is 0 Å². The number of nitrogens with two attached hydrogens (primary N) is 1. The first-order valence-corrected chi connectivity index (χ1v) is 11.8. The van der Waals surface area contributed by atoms with Crippen molar-refractivity contribution in [3.05, 3.63) is 34.3 Å². The van der Waals surface area contributed by atoms with Gasteiger partial charge in [-0.25, -0.2) is 14.1 Å². The third kappa shape index (κ3) is 3.52. The Hall–Kier alpha value is -2.30. The monoisotopic (exact) mass is 432 g/mol. The molecule has 2 aromatic rings. The number of pyridine rings is 1. The van der Waals surface area contributed by atoms with Gasteiger partial charge >= 0.3 is 6.03 Å². The molecule has 162 valence electrons. The molecule has 0 aliphatic heterocycles. The summed E-state index contributed by atoms with van der Waals surface area (Å²) in [7, 11) is -3.55. The lowest BCUT2D eigenvalue weighted by Crippen LogP contribution is -2.20. The second-order valence-corrected chi connectivity index (χ2v) is 10.3. The van der Waals surface area contributed by atoms with Gasteiger partial charge in [-0.1, -0.05) is 13.8 Å². The molecule has 30 heavy (non-hydrogen) atoms. The zero-order valence-corrected chi connectivity index (χ0v) is 18.4. The summed E-state index contributed by atoms with van der Waals surface area (Å²) in [5.74, 6) is 0. The van der Waals surface area contributed by atoms with Crippen molar-refractivity contribution in [2.45, 2.75) is 76.5 Å². The van der Waals surface area contributed by atoms with E-state index in [1.54, 1.807) is 0 Å². The topological polar surface area (TPSA) is 135 Å². The van der Waals surface area contributed by atoms with E-state index in [2.05, 4.69) is 28.6 Å². The largest absolute Gasteiger partial charge is 0.390 e. The summed E-state index contributed by atoms with van der Waals surface area (Å²) in [5, 5.41) is 22.3. The second-order valence-electron chi connectivity index (χ2n) is 8.51. The standard InChI is InChI=1S/C20H28N6O3S/c1-4-26-12(11-27)10-16(24-26)30(21,29)25-19(28)23-17-13-6-5-7-15(13)22-18-14(17)8-9-20(18,2)3/h10,27H,4-9,11H2,1-3H3,(H3,21,22,23,25,28,29). The van der Waals surface area contributed by atoms with E-state index in [0.717, 1.165) is 60.3 Å². The van der Waals surface area contributed by atoms with Gasteiger partial charge in [-0.05, 0) is 50.2 Å². The predicted molar refractivity (Wildman–Crippen MR) is 113 cm³/mol. The number of nitrogens with zero attached hydrogens (tertiary/aromatic N) is 4. The molecule has 2 heterocycles. The van der Waals surface area contributed by atoms with E-state index in [0.29, 0.717) is 12.2 Å². The highest BCUT2D eigenvalue weighted by Gasteiger charge is 2.36. The third-order valence-corrected chi connectivity index (χ3v) is 7.25. The van der Waals surface area contributed by atoms with Gasteiger partial charge in [0, 0.05) is 23.7 Å². The molecule has 9 nitrogen and oxygen atoms in total. The van der Waals surface area contributed by atoms with Crippen molar-refractivity contribution in [1.29, 1.82) is 0 Å². The minimum atomic E-state index is -3.55. The number of rotatable bonds is 4. The number of aliphatic hydroxyl groups is 1. The predicted octanol–water partition coefficient (Wildman–Crippen LogP) is 2.44. The SMILES string of the molecule is CCn1nc(S(N)(=O)=NC(=O)Nc2c3c(nc4c2CCC4(C)C)CCC3)cc1CO. The van der Waals surface area contributed by atoms with Crippen LogP contribution in [0.3, 0.4) is 0 Å². The van der Waals surface area contributed by atoms with Gasteiger partial charge in [0.25, 0.3) is 0 Å². The number of anilines is 1. The summed E-state index contributed by atoms with van der Waals surface area (Å²) in [4.78, 5) is 17.7. The second kappa shape index (κ2) is 7.44. The fraction of sp³-hybridized carbons (Fsp3) is 0.550. The smallest absolute Gasteiger partial charge is 0.354 e. The molecule has 1 unspecified atom stereocenters. The molecule has 0 saturated carbocycles. The van der Waals surface area contributed by atoms with E-state index in [4.69, 9.17) is 10.1 Å². The van der Waals surface area contributed by atoms with Crippen molar-refractivity contribution < 1.29 is 14.1 Å². The van der Waals surface area contributed by atoms with Crippen LogP contribution >= 0.6 is 0 Å². The Morgan fingerprint density at radius 3 is 2.80 bits per heavy atom. The molecule has 1 atom stereocenters. The van der Waals surface area contributed by atoms with Crippen LogP contribution in [-0.2, 0) is 47.7 Å². The molecule has 4 N–H and O–H groups in total. The van der Waals surface area contributed by atoms with Gasteiger partial charge in [0.05, 0.1) is 23.7 Å². The van der Waals surface area contributed by atoms with Crippen molar-refractivity contribution in [3.8, 4) is 0 Å². The van der Waals surface area contributed by atoms with Gasteiger partial charge in [-0.15, -0.1) is 4.36 Å². The zero-order chi connectivity index (χ0) is 21.7. The summed E-state index contributed by atoms with van der Waals surface area (Å²) in [6, 6.07) is 0.666. The fourth-order valence-corrected chi connectivity index (χ4v) is 5.31. The average Bonchev–Trinajstić information content (AvgIpc) is 3.38. The van der Waals surface area contributed by atoms with Crippen LogP contribution in [0.2, 0.25) is 0 Å². The Labute approximate surface area is 176 Å². The van der Waals surface area contributed by atoms with E-state index >= 15 is 0 Å². The number of carbonyl (C=O) groups excluding carboxylic acids is 1. The number of hydrogen-bond acceptors (Lipinski definition) is 5. The van der Waals surface area contributed by atoms with Crippen LogP contribution in [0.4, 0.5) is 10.5 Å². The van der Waals surface area contributed by atoms with Crippen molar-refractivity contribution >= 4 is 21.6 Å². The Kier molecular flexibility index (Phi) is 5.19. The molecule has 4 rings (SSSR count). The first-order chi connectivity index (χ1) is 14.2. The fourth-order valence-electron chi connectivity index (χ4n) is 4.41. The zero-order valence-electron chi connectivity index (χ0n) is 17.6. The number of nitrogens with one attached hydrogen (secondary N) is 1. The van der Waals surface area contributed by atoms with Crippen molar-refractivity contribution in [1.82, 2.24) is 14.8 Å².